The highest BCUT2D eigenvalue weighted by Crippen LogP contribution is 2.20. The first-order chi connectivity index (χ1) is 12.6. The van der Waals surface area contributed by atoms with Gasteiger partial charge < -0.3 is 10.2 Å². The summed E-state index contributed by atoms with van der Waals surface area (Å²) in [5.74, 6) is 0.537. The van der Waals surface area contributed by atoms with Crippen molar-refractivity contribution in [2.24, 2.45) is 0 Å². The smallest absolute Gasteiger partial charge is 0.257 e. The molecule has 0 bridgehead atoms. The van der Waals surface area contributed by atoms with Gasteiger partial charge in [0.1, 0.15) is 12.1 Å². The van der Waals surface area contributed by atoms with E-state index < -0.39 is 0 Å². The number of hydrogen-bond acceptors (Lipinski definition) is 4. The minimum absolute atomic E-state index is 0.182. The summed E-state index contributed by atoms with van der Waals surface area (Å²) in [6, 6.07) is 11.9. The Balaban J connectivity index is 1.68. The van der Waals surface area contributed by atoms with Gasteiger partial charge in [0.15, 0.2) is 0 Å². The Morgan fingerprint density at radius 3 is 2.50 bits per heavy atom. The van der Waals surface area contributed by atoms with E-state index in [-0.39, 0.29) is 5.91 Å². The van der Waals surface area contributed by atoms with Crippen LogP contribution in [0.15, 0.2) is 61.3 Å². The molecule has 3 aromatic rings. The fourth-order valence-corrected chi connectivity index (χ4v) is 2.85. The number of imidazole rings is 1. The third kappa shape index (κ3) is 3.91. The first-order valence-corrected chi connectivity index (χ1v) is 8.71. The Bertz CT molecular complexity index is 839. The highest BCUT2D eigenvalue weighted by Gasteiger charge is 2.10. The van der Waals surface area contributed by atoms with Crippen LogP contribution in [0.2, 0.25) is 0 Å². The quantitative estimate of drug-likeness (QED) is 0.736. The van der Waals surface area contributed by atoms with Gasteiger partial charge in [-0.25, -0.2) is 9.97 Å². The second kappa shape index (κ2) is 7.82. The van der Waals surface area contributed by atoms with Crippen LogP contribution < -0.4 is 10.2 Å². The number of anilines is 2. The van der Waals surface area contributed by atoms with Crippen LogP contribution in [-0.2, 0) is 0 Å². The van der Waals surface area contributed by atoms with Crippen LogP contribution in [0.4, 0.5) is 11.4 Å². The summed E-state index contributed by atoms with van der Waals surface area (Å²) in [6.07, 6.45) is 6.72. The Labute approximate surface area is 153 Å². The maximum Gasteiger partial charge on any atom is 0.257 e. The molecule has 134 valence electrons. The predicted molar refractivity (Wildman–Crippen MR) is 104 cm³/mol. The van der Waals surface area contributed by atoms with Crippen molar-refractivity contribution in [1.82, 2.24) is 14.5 Å². The molecule has 2 aromatic heterocycles. The van der Waals surface area contributed by atoms with E-state index in [9.17, 15) is 4.79 Å². The van der Waals surface area contributed by atoms with Crippen molar-refractivity contribution in [1.29, 1.82) is 0 Å². The predicted octanol–water partition coefficient (Wildman–Crippen LogP) is 3.75. The Kier molecular flexibility index (Phi) is 5.31. The van der Waals surface area contributed by atoms with Crippen LogP contribution in [-0.4, -0.2) is 33.0 Å². The lowest BCUT2D eigenvalue weighted by Crippen LogP contribution is -2.30. The number of benzene rings is 1. The van der Waals surface area contributed by atoms with Crippen molar-refractivity contribution in [3.63, 3.8) is 0 Å². The van der Waals surface area contributed by atoms with Gasteiger partial charge in [-0.2, -0.15) is 0 Å². The molecule has 1 amide bonds. The van der Waals surface area contributed by atoms with Crippen molar-refractivity contribution in [3.8, 4) is 5.82 Å². The molecule has 0 aliphatic carbocycles. The minimum Gasteiger partial charge on any atom is -0.369 e. The lowest BCUT2D eigenvalue weighted by atomic mass is 10.2. The number of carbonyl (C=O) groups is 1. The van der Waals surface area contributed by atoms with Crippen molar-refractivity contribution in [3.05, 3.63) is 66.9 Å². The largest absolute Gasteiger partial charge is 0.369 e. The molecule has 0 saturated heterocycles. The fourth-order valence-electron chi connectivity index (χ4n) is 2.85. The Hall–Kier alpha value is -3.15. The Morgan fingerprint density at radius 2 is 1.96 bits per heavy atom. The molecule has 0 saturated carbocycles. The molecule has 6 heteroatoms. The van der Waals surface area contributed by atoms with Gasteiger partial charge in [-0.1, -0.05) is 0 Å². The van der Waals surface area contributed by atoms with Crippen LogP contribution in [0, 0.1) is 0 Å². The molecule has 2 heterocycles. The second-order valence-electron chi connectivity index (χ2n) is 6.26. The zero-order valence-electron chi connectivity index (χ0n) is 15.3. The molecule has 0 atom stereocenters. The monoisotopic (exact) mass is 349 g/mol. The molecule has 3 rings (SSSR count). The van der Waals surface area contributed by atoms with Gasteiger partial charge in [0, 0.05) is 42.6 Å². The molecule has 0 radical (unpaired) electrons. The van der Waals surface area contributed by atoms with E-state index >= 15 is 0 Å². The van der Waals surface area contributed by atoms with Gasteiger partial charge in [0.25, 0.3) is 5.91 Å². The standard InChI is InChI=1S/C20H23N5O/c1-4-25(15(2)3)18-8-6-17(7-9-18)23-20(26)16-5-10-19(22-13-16)24-12-11-21-14-24/h5-15H,4H2,1-3H3,(H,23,26). The molecule has 1 aromatic carbocycles. The van der Waals surface area contributed by atoms with E-state index in [1.165, 1.54) is 0 Å². The lowest BCUT2D eigenvalue weighted by molar-refractivity contribution is 0.102. The maximum atomic E-state index is 12.4. The average molecular weight is 349 g/mol. The van der Waals surface area contributed by atoms with E-state index in [2.05, 4.69) is 41.0 Å². The molecule has 1 N–H and O–H groups in total. The normalized spacial score (nSPS) is 10.8. The van der Waals surface area contributed by atoms with Crippen molar-refractivity contribution < 1.29 is 4.79 Å². The molecular weight excluding hydrogens is 326 g/mol. The molecule has 26 heavy (non-hydrogen) atoms. The molecular formula is C20H23N5O. The third-order valence-corrected chi connectivity index (χ3v) is 4.20. The van der Waals surface area contributed by atoms with Crippen LogP contribution in [0.5, 0.6) is 0 Å². The number of rotatable bonds is 6. The second-order valence-corrected chi connectivity index (χ2v) is 6.26. The van der Waals surface area contributed by atoms with Crippen molar-refractivity contribution in [2.45, 2.75) is 26.8 Å². The van der Waals surface area contributed by atoms with Crippen LogP contribution in [0.25, 0.3) is 5.82 Å². The van der Waals surface area contributed by atoms with Gasteiger partial charge in [0.2, 0.25) is 0 Å². The van der Waals surface area contributed by atoms with Crippen molar-refractivity contribution in [2.75, 3.05) is 16.8 Å². The van der Waals surface area contributed by atoms with E-state index in [0.29, 0.717) is 11.6 Å². The van der Waals surface area contributed by atoms with Gasteiger partial charge in [-0.05, 0) is 57.2 Å². The first kappa shape index (κ1) is 17.7. The van der Waals surface area contributed by atoms with Gasteiger partial charge in [-0.15, -0.1) is 0 Å². The SMILES string of the molecule is CCN(c1ccc(NC(=O)c2ccc(-n3ccnc3)nc2)cc1)C(C)C. The summed E-state index contributed by atoms with van der Waals surface area (Å²) >= 11 is 0. The lowest BCUT2D eigenvalue weighted by Gasteiger charge is -2.27. The molecule has 0 fully saturated rings. The highest BCUT2D eigenvalue weighted by atomic mass is 16.1. The van der Waals surface area contributed by atoms with Gasteiger partial charge in [0.05, 0.1) is 5.56 Å². The molecule has 0 aliphatic rings. The zero-order valence-corrected chi connectivity index (χ0v) is 15.3. The number of amides is 1. The summed E-state index contributed by atoms with van der Waals surface area (Å²) in [5.41, 5.74) is 2.42. The summed E-state index contributed by atoms with van der Waals surface area (Å²) in [5, 5.41) is 2.91. The number of pyridine rings is 1. The number of nitrogens with zero attached hydrogens (tertiary/aromatic N) is 4. The summed E-state index contributed by atoms with van der Waals surface area (Å²) in [4.78, 5) is 23.0. The highest BCUT2D eigenvalue weighted by molar-refractivity contribution is 6.04. The van der Waals surface area contributed by atoms with Crippen LogP contribution in [0.1, 0.15) is 31.1 Å². The third-order valence-electron chi connectivity index (χ3n) is 4.20. The van der Waals surface area contributed by atoms with Crippen LogP contribution >= 0.6 is 0 Å². The number of carbonyl (C=O) groups excluding carboxylic acids is 1. The molecule has 0 unspecified atom stereocenters. The number of hydrogen-bond donors (Lipinski definition) is 1. The topological polar surface area (TPSA) is 63.1 Å². The van der Waals surface area contributed by atoms with E-state index in [1.54, 1.807) is 41.6 Å². The summed E-state index contributed by atoms with van der Waals surface area (Å²) < 4.78 is 1.79. The number of nitrogens with one attached hydrogen (secondary N) is 1. The summed E-state index contributed by atoms with van der Waals surface area (Å²) in [7, 11) is 0. The van der Waals surface area contributed by atoms with E-state index in [0.717, 1.165) is 23.7 Å². The van der Waals surface area contributed by atoms with Crippen molar-refractivity contribution >= 4 is 17.3 Å². The zero-order chi connectivity index (χ0) is 18.5. The molecule has 6 nitrogen and oxygen atoms in total. The van der Waals surface area contributed by atoms with Gasteiger partial charge in [-0.3, -0.25) is 9.36 Å². The van der Waals surface area contributed by atoms with E-state index in [1.807, 2.05) is 24.3 Å². The minimum atomic E-state index is -0.182. The number of aromatic nitrogens is 3. The molecule has 0 spiro atoms. The first-order valence-electron chi connectivity index (χ1n) is 8.71. The maximum absolute atomic E-state index is 12.4. The summed E-state index contributed by atoms with van der Waals surface area (Å²) in [6.45, 7) is 7.41. The van der Waals surface area contributed by atoms with Gasteiger partial charge >= 0.3 is 0 Å². The average Bonchev–Trinajstić information content (AvgIpc) is 3.18. The van der Waals surface area contributed by atoms with Crippen LogP contribution in [0.3, 0.4) is 0 Å². The Morgan fingerprint density at radius 1 is 1.19 bits per heavy atom. The fraction of sp³-hybridized carbons (Fsp3) is 0.250. The van der Waals surface area contributed by atoms with E-state index in [4.69, 9.17) is 0 Å². The molecule has 0 aliphatic heterocycles.